The smallest absolute Gasteiger partial charge is 0.164 e. The Morgan fingerprint density at radius 2 is 2.17 bits per heavy atom. The third kappa shape index (κ3) is 3.14. The van der Waals surface area contributed by atoms with Crippen molar-refractivity contribution < 1.29 is 0 Å². The molecule has 0 saturated carbocycles. The molecule has 98 valence electrons. The van der Waals surface area contributed by atoms with E-state index in [1.54, 1.807) is 17.8 Å². The Morgan fingerprint density at radius 1 is 1.39 bits per heavy atom. The molecule has 1 aromatic rings. The van der Waals surface area contributed by atoms with Crippen LogP contribution in [0.1, 0.15) is 20.3 Å². The highest BCUT2D eigenvalue weighted by Gasteiger charge is 2.23. The fourth-order valence-electron chi connectivity index (χ4n) is 1.80. The summed E-state index contributed by atoms with van der Waals surface area (Å²) in [6.45, 7) is 5.50. The molecule has 1 aromatic carbocycles. The number of nitrogens with zero attached hydrogens (tertiary/aromatic N) is 2. The van der Waals surface area contributed by atoms with Crippen LogP contribution in [0.4, 0.5) is 5.69 Å². The molecule has 18 heavy (non-hydrogen) atoms. The van der Waals surface area contributed by atoms with Crippen LogP contribution in [0, 0.1) is 0 Å². The first-order valence-corrected chi connectivity index (χ1v) is 7.79. The molecule has 1 aliphatic heterocycles. The Labute approximate surface area is 122 Å². The van der Waals surface area contributed by atoms with E-state index in [2.05, 4.69) is 23.7 Å². The molecule has 1 saturated heterocycles. The molecule has 0 aliphatic carbocycles. The lowest BCUT2D eigenvalue weighted by Gasteiger charge is -2.24. The number of benzene rings is 1. The molecule has 0 aromatic heterocycles. The van der Waals surface area contributed by atoms with Crippen molar-refractivity contribution in [1.82, 2.24) is 4.90 Å². The van der Waals surface area contributed by atoms with E-state index in [1.807, 2.05) is 12.1 Å². The largest absolute Gasteiger partial charge is 0.348 e. The minimum absolute atomic E-state index is 0.529. The molecule has 1 heterocycles. The van der Waals surface area contributed by atoms with Gasteiger partial charge >= 0.3 is 0 Å². The fraction of sp³-hybridized carbons (Fsp3) is 0.462. The fourth-order valence-corrected chi connectivity index (χ4v) is 3.17. The van der Waals surface area contributed by atoms with Crippen molar-refractivity contribution in [3.63, 3.8) is 0 Å². The highest BCUT2D eigenvalue weighted by atomic mass is 35.5. The second-order valence-electron chi connectivity index (χ2n) is 4.29. The summed E-state index contributed by atoms with van der Waals surface area (Å²) in [6.07, 6.45) is 1.13. The summed E-state index contributed by atoms with van der Waals surface area (Å²) < 4.78 is 0. The third-order valence-electron chi connectivity index (χ3n) is 3.06. The minimum atomic E-state index is 0.529. The average molecular weight is 303 g/mol. The van der Waals surface area contributed by atoms with E-state index >= 15 is 0 Å². The monoisotopic (exact) mass is 302 g/mol. The van der Waals surface area contributed by atoms with E-state index in [-0.39, 0.29) is 0 Å². The molecule has 1 unspecified atom stereocenters. The van der Waals surface area contributed by atoms with E-state index in [0.717, 1.165) is 29.6 Å². The van der Waals surface area contributed by atoms with Crippen LogP contribution in [0.25, 0.3) is 0 Å². The number of hydrogen-bond donors (Lipinski definition) is 0. The second-order valence-corrected chi connectivity index (χ2v) is 6.17. The molecule has 0 radical (unpaired) electrons. The predicted octanol–water partition coefficient (Wildman–Crippen LogP) is 4.83. The zero-order chi connectivity index (χ0) is 13.1. The van der Waals surface area contributed by atoms with Crippen LogP contribution in [0.3, 0.4) is 0 Å². The zero-order valence-electron chi connectivity index (χ0n) is 10.5. The van der Waals surface area contributed by atoms with E-state index in [4.69, 9.17) is 23.2 Å². The maximum Gasteiger partial charge on any atom is 0.164 e. The van der Waals surface area contributed by atoms with Crippen LogP contribution in [0.5, 0.6) is 0 Å². The van der Waals surface area contributed by atoms with Crippen molar-refractivity contribution in [3.05, 3.63) is 28.2 Å². The zero-order valence-corrected chi connectivity index (χ0v) is 12.8. The molecule has 5 heteroatoms. The summed E-state index contributed by atoms with van der Waals surface area (Å²) >= 11 is 13.7. The lowest BCUT2D eigenvalue weighted by Crippen LogP contribution is -2.33. The van der Waals surface area contributed by atoms with Crippen LogP contribution in [0.2, 0.25) is 10.0 Å². The first-order valence-electron chi connectivity index (χ1n) is 6.05. The lowest BCUT2D eigenvalue weighted by atomic mass is 10.2. The molecule has 2 rings (SSSR count). The summed E-state index contributed by atoms with van der Waals surface area (Å²) in [5, 5.41) is 2.21. The van der Waals surface area contributed by atoms with E-state index in [1.165, 1.54) is 0 Å². The quantitative estimate of drug-likeness (QED) is 0.795. The van der Waals surface area contributed by atoms with Crippen molar-refractivity contribution in [1.29, 1.82) is 0 Å². The van der Waals surface area contributed by atoms with Crippen LogP contribution in [-0.4, -0.2) is 28.4 Å². The van der Waals surface area contributed by atoms with Gasteiger partial charge in [0.1, 0.15) is 0 Å². The van der Waals surface area contributed by atoms with Gasteiger partial charge in [-0.25, -0.2) is 4.99 Å². The van der Waals surface area contributed by atoms with Gasteiger partial charge in [-0.15, -0.1) is 0 Å². The van der Waals surface area contributed by atoms with Gasteiger partial charge in [0.25, 0.3) is 0 Å². The molecular weight excluding hydrogens is 287 g/mol. The first-order chi connectivity index (χ1) is 8.61. The SMILES string of the molecule is CCC(C)N1CCSC1=Nc1ccc(Cl)c(Cl)c1. The molecular formula is C13H16Cl2N2S. The van der Waals surface area contributed by atoms with Crippen molar-refractivity contribution >= 4 is 45.8 Å². The maximum absolute atomic E-state index is 6.00. The summed E-state index contributed by atoms with van der Waals surface area (Å²) in [5.41, 5.74) is 0.863. The first kappa shape index (κ1) is 14.0. The highest BCUT2D eigenvalue weighted by molar-refractivity contribution is 8.14. The van der Waals surface area contributed by atoms with Gasteiger partial charge in [-0.05, 0) is 31.5 Å². The van der Waals surface area contributed by atoms with Gasteiger partial charge in [0.2, 0.25) is 0 Å². The van der Waals surface area contributed by atoms with Gasteiger partial charge in [-0.2, -0.15) is 0 Å². The number of halogens is 2. The summed E-state index contributed by atoms with van der Waals surface area (Å²) in [4.78, 5) is 7.03. The molecule has 0 bridgehead atoms. The Kier molecular flexibility index (Phi) is 4.82. The van der Waals surface area contributed by atoms with Gasteiger partial charge in [0.05, 0.1) is 15.7 Å². The van der Waals surface area contributed by atoms with Gasteiger partial charge in [-0.3, -0.25) is 0 Å². The van der Waals surface area contributed by atoms with Crippen molar-refractivity contribution in [3.8, 4) is 0 Å². The summed E-state index contributed by atoms with van der Waals surface area (Å²) in [7, 11) is 0. The second kappa shape index (κ2) is 6.18. The Balaban J connectivity index is 2.23. The van der Waals surface area contributed by atoms with Crippen molar-refractivity contribution in [2.24, 2.45) is 4.99 Å². The molecule has 1 aliphatic rings. The molecule has 2 nitrogen and oxygen atoms in total. The molecule has 0 spiro atoms. The Bertz CT molecular complexity index is 462. The number of aliphatic imine (C=N–C) groups is 1. The number of thioether (sulfide) groups is 1. The molecule has 1 fully saturated rings. The maximum atomic E-state index is 6.00. The predicted molar refractivity (Wildman–Crippen MR) is 82.5 cm³/mol. The normalized spacial score (nSPS) is 19.6. The van der Waals surface area contributed by atoms with Crippen molar-refractivity contribution in [2.45, 2.75) is 26.3 Å². The van der Waals surface area contributed by atoms with Crippen LogP contribution in [-0.2, 0) is 0 Å². The molecule has 1 atom stereocenters. The van der Waals surface area contributed by atoms with Gasteiger partial charge in [0, 0.05) is 18.3 Å². The van der Waals surface area contributed by atoms with Gasteiger partial charge in [-0.1, -0.05) is 41.9 Å². The van der Waals surface area contributed by atoms with Crippen LogP contribution in [0.15, 0.2) is 23.2 Å². The van der Waals surface area contributed by atoms with Gasteiger partial charge < -0.3 is 4.90 Å². The van der Waals surface area contributed by atoms with Gasteiger partial charge in [0.15, 0.2) is 5.17 Å². The minimum Gasteiger partial charge on any atom is -0.348 e. The highest BCUT2D eigenvalue weighted by Crippen LogP contribution is 2.29. The van der Waals surface area contributed by atoms with Crippen LogP contribution < -0.4 is 0 Å². The number of hydrogen-bond acceptors (Lipinski definition) is 2. The van der Waals surface area contributed by atoms with E-state index in [9.17, 15) is 0 Å². The van der Waals surface area contributed by atoms with Crippen molar-refractivity contribution in [2.75, 3.05) is 12.3 Å². The summed E-state index contributed by atoms with van der Waals surface area (Å²) in [5.74, 6) is 1.10. The van der Waals surface area contributed by atoms with E-state index < -0.39 is 0 Å². The average Bonchev–Trinajstić information content (AvgIpc) is 2.81. The van der Waals surface area contributed by atoms with E-state index in [0.29, 0.717) is 16.1 Å². The Hall–Kier alpha value is -0.380. The Morgan fingerprint density at radius 3 is 2.83 bits per heavy atom. The van der Waals surface area contributed by atoms with Crippen LogP contribution >= 0.6 is 35.0 Å². The molecule has 0 amide bonds. The number of amidine groups is 1. The standard InChI is InChI=1S/C13H16Cl2N2S/c1-3-9(2)17-6-7-18-13(17)16-10-4-5-11(14)12(15)8-10/h4-5,8-9H,3,6-7H2,1-2H3. The number of rotatable bonds is 3. The lowest BCUT2D eigenvalue weighted by molar-refractivity contribution is 0.352. The summed E-state index contributed by atoms with van der Waals surface area (Å²) in [6, 6.07) is 6.03. The topological polar surface area (TPSA) is 15.6 Å². The third-order valence-corrected chi connectivity index (χ3v) is 4.77. The molecule has 0 N–H and O–H groups in total.